The van der Waals surface area contributed by atoms with Gasteiger partial charge < -0.3 is 10.2 Å². The van der Waals surface area contributed by atoms with Gasteiger partial charge in [-0.05, 0) is 30.3 Å². The molecule has 3 aromatic rings. The van der Waals surface area contributed by atoms with Crippen LogP contribution < -0.4 is 0 Å². The van der Waals surface area contributed by atoms with Gasteiger partial charge in [0.1, 0.15) is 23.0 Å². The highest BCUT2D eigenvalue weighted by molar-refractivity contribution is 5.69. The first kappa shape index (κ1) is 13.1. The summed E-state index contributed by atoms with van der Waals surface area (Å²) in [5, 5.41) is 23.2. The highest BCUT2D eigenvalue weighted by Crippen LogP contribution is 2.33. The normalized spacial score (nSPS) is 10.8. The number of hydrogen-bond donors (Lipinski definition) is 2. The molecule has 1 aromatic heterocycles. The SMILES string of the molecule is Oc1ccc(-c2ccnn2-c2ccc(F)cc2F)c(O)c1. The third kappa shape index (κ3) is 2.31. The van der Waals surface area contributed by atoms with Gasteiger partial charge in [-0.2, -0.15) is 5.10 Å². The molecule has 0 amide bonds. The summed E-state index contributed by atoms with van der Waals surface area (Å²) in [5.74, 6) is -1.70. The molecule has 3 rings (SSSR count). The number of halogens is 2. The first-order chi connectivity index (χ1) is 10.1. The zero-order chi connectivity index (χ0) is 15.0. The number of nitrogens with zero attached hydrogens (tertiary/aromatic N) is 2. The molecule has 0 aliphatic rings. The van der Waals surface area contributed by atoms with Crippen LogP contribution in [0.5, 0.6) is 11.5 Å². The number of aromatic nitrogens is 2. The van der Waals surface area contributed by atoms with Crippen molar-refractivity contribution >= 4 is 0 Å². The molecule has 2 N–H and O–H groups in total. The second-order valence-corrected chi connectivity index (χ2v) is 4.43. The Morgan fingerprint density at radius 3 is 2.48 bits per heavy atom. The molecule has 4 nitrogen and oxygen atoms in total. The van der Waals surface area contributed by atoms with Gasteiger partial charge in [-0.3, -0.25) is 0 Å². The van der Waals surface area contributed by atoms with Gasteiger partial charge in [-0.15, -0.1) is 0 Å². The van der Waals surface area contributed by atoms with Crippen LogP contribution >= 0.6 is 0 Å². The molecule has 0 saturated carbocycles. The fourth-order valence-corrected chi connectivity index (χ4v) is 2.09. The molecule has 1 heterocycles. The number of aromatic hydroxyl groups is 2. The quantitative estimate of drug-likeness (QED) is 0.761. The summed E-state index contributed by atoms with van der Waals surface area (Å²) < 4.78 is 28.1. The van der Waals surface area contributed by atoms with Crippen LogP contribution in [0.3, 0.4) is 0 Å². The van der Waals surface area contributed by atoms with E-state index >= 15 is 0 Å². The number of benzene rings is 2. The Bertz CT molecular complexity index is 749. The first-order valence-electron chi connectivity index (χ1n) is 6.08. The molecule has 0 spiro atoms. The summed E-state index contributed by atoms with van der Waals surface area (Å²) >= 11 is 0. The number of hydrogen-bond acceptors (Lipinski definition) is 3. The standard InChI is InChI=1S/C15H10F2N2O2/c16-9-1-4-14(12(17)7-9)19-13(5-6-18-19)11-3-2-10(20)8-15(11)21/h1-8,20-21H. The summed E-state index contributed by atoms with van der Waals surface area (Å²) in [6, 6.07) is 8.78. The molecule has 0 atom stereocenters. The molecule has 0 saturated heterocycles. The van der Waals surface area contributed by atoms with E-state index in [0.29, 0.717) is 11.3 Å². The molecule has 0 bridgehead atoms. The Hall–Kier alpha value is -2.89. The monoisotopic (exact) mass is 288 g/mol. The summed E-state index contributed by atoms with van der Waals surface area (Å²) in [4.78, 5) is 0. The third-order valence-electron chi connectivity index (χ3n) is 3.04. The van der Waals surface area contributed by atoms with Crippen LogP contribution in [-0.4, -0.2) is 20.0 Å². The van der Waals surface area contributed by atoms with Crippen molar-refractivity contribution in [2.24, 2.45) is 0 Å². The first-order valence-corrected chi connectivity index (χ1v) is 6.08. The zero-order valence-corrected chi connectivity index (χ0v) is 10.7. The van der Waals surface area contributed by atoms with Gasteiger partial charge in [0, 0.05) is 17.7 Å². The van der Waals surface area contributed by atoms with Crippen molar-refractivity contribution < 1.29 is 19.0 Å². The summed E-state index contributed by atoms with van der Waals surface area (Å²) in [6.45, 7) is 0. The predicted octanol–water partition coefficient (Wildman–Crippen LogP) is 3.23. The van der Waals surface area contributed by atoms with Crippen LogP contribution in [-0.2, 0) is 0 Å². The van der Waals surface area contributed by atoms with E-state index in [1.807, 2.05) is 0 Å². The predicted molar refractivity (Wildman–Crippen MR) is 72.2 cm³/mol. The highest BCUT2D eigenvalue weighted by Gasteiger charge is 2.14. The number of phenols is 2. The maximum absolute atomic E-state index is 13.9. The van der Waals surface area contributed by atoms with E-state index < -0.39 is 11.6 Å². The lowest BCUT2D eigenvalue weighted by Gasteiger charge is -2.10. The van der Waals surface area contributed by atoms with Crippen LogP contribution in [0.4, 0.5) is 8.78 Å². The molecule has 0 radical (unpaired) electrons. The average molecular weight is 288 g/mol. The maximum atomic E-state index is 13.9. The van der Waals surface area contributed by atoms with Crippen LogP contribution in [0.1, 0.15) is 0 Å². The smallest absolute Gasteiger partial charge is 0.151 e. The van der Waals surface area contributed by atoms with Crippen molar-refractivity contribution in [3.8, 4) is 28.4 Å². The zero-order valence-electron chi connectivity index (χ0n) is 10.7. The minimum Gasteiger partial charge on any atom is -0.508 e. The second-order valence-electron chi connectivity index (χ2n) is 4.43. The van der Waals surface area contributed by atoms with Crippen LogP contribution in [0, 0.1) is 11.6 Å². The molecular weight excluding hydrogens is 278 g/mol. The van der Waals surface area contributed by atoms with Gasteiger partial charge in [0.2, 0.25) is 0 Å². The molecule has 2 aromatic carbocycles. The lowest BCUT2D eigenvalue weighted by atomic mass is 10.1. The van der Waals surface area contributed by atoms with E-state index in [0.717, 1.165) is 12.1 Å². The maximum Gasteiger partial charge on any atom is 0.151 e. The van der Waals surface area contributed by atoms with Crippen molar-refractivity contribution in [2.75, 3.05) is 0 Å². The van der Waals surface area contributed by atoms with Crippen molar-refractivity contribution in [1.29, 1.82) is 0 Å². The minimum absolute atomic E-state index is 0.0591. The van der Waals surface area contributed by atoms with Crippen LogP contribution in [0.25, 0.3) is 16.9 Å². The van der Waals surface area contributed by atoms with Crippen molar-refractivity contribution in [3.63, 3.8) is 0 Å². The summed E-state index contributed by atoms with van der Waals surface area (Å²) in [6.07, 6.45) is 1.43. The molecule has 0 unspecified atom stereocenters. The molecular formula is C15H10F2N2O2. The highest BCUT2D eigenvalue weighted by atomic mass is 19.1. The Morgan fingerprint density at radius 2 is 1.76 bits per heavy atom. The van der Waals surface area contributed by atoms with E-state index in [1.165, 1.54) is 35.1 Å². The Balaban J connectivity index is 2.17. The fraction of sp³-hybridized carbons (Fsp3) is 0. The molecule has 0 aliphatic heterocycles. The molecule has 21 heavy (non-hydrogen) atoms. The van der Waals surface area contributed by atoms with Gasteiger partial charge in [-0.25, -0.2) is 13.5 Å². The largest absolute Gasteiger partial charge is 0.508 e. The van der Waals surface area contributed by atoms with Gasteiger partial charge in [0.05, 0.1) is 11.9 Å². The van der Waals surface area contributed by atoms with E-state index in [9.17, 15) is 19.0 Å². The van der Waals surface area contributed by atoms with E-state index in [2.05, 4.69) is 5.10 Å². The minimum atomic E-state index is -0.766. The molecule has 0 fully saturated rings. The van der Waals surface area contributed by atoms with Crippen LogP contribution in [0.2, 0.25) is 0 Å². The third-order valence-corrected chi connectivity index (χ3v) is 3.04. The average Bonchev–Trinajstić information content (AvgIpc) is 2.87. The van der Waals surface area contributed by atoms with Gasteiger partial charge >= 0.3 is 0 Å². The van der Waals surface area contributed by atoms with Gasteiger partial charge in [0.25, 0.3) is 0 Å². The summed E-state index contributed by atoms with van der Waals surface area (Å²) in [7, 11) is 0. The lowest BCUT2D eigenvalue weighted by molar-refractivity contribution is 0.451. The second kappa shape index (κ2) is 4.90. The Labute approximate surface area is 118 Å². The topological polar surface area (TPSA) is 58.3 Å². The number of rotatable bonds is 2. The lowest BCUT2D eigenvalue weighted by Crippen LogP contribution is -2.02. The van der Waals surface area contributed by atoms with Crippen molar-refractivity contribution in [2.45, 2.75) is 0 Å². The van der Waals surface area contributed by atoms with Gasteiger partial charge in [0.15, 0.2) is 5.82 Å². The van der Waals surface area contributed by atoms with E-state index in [1.54, 1.807) is 6.07 Å². The Morgan fingerprint density at radius 1 is 0.952 bits per heavy atom. The molecule has 106 valence electrons. The van der Waals surface area contributed by atoms with Crippen molar-refractivity contribution in [3.05, 3.63) is 60.3 Å². The summed E-state index contributed by atoms with van der Waals surface area (Å²) in [5.41, 5.74) is 0.843. The van der Waals surface area contributed by atoms with Gasteiger partial charge in [-0.1, -0.05) is 0 Å². The Kier molecular flexibility index (Phi) is 3.06. The molecule has 0 aliphatic carbocycles. The molecule has 6 heteroatoms. The van der Waals surface area contributed by atoms with E-state index in [4.69, 9.17) is 0 Å². The number of phenolic OH excluding ortho intramolecular Hbond substituents is 2. The van der Waals surface area contributed by atoms with Crippen LogP contribution in [0.15, 0.2) is 48.7 Å². The van der Waals surface area contributed by atoms with E-state index in [-0.39, 0.29) is 17.2 Å². The van der Waals surface area contributed by atoms with Crippen molar-refractivity contribution in [1.82, 2.24) is 9.78 Å². The fourth-order valence-electron chi connectivity index (χ4n) is 2.09.